The highest BCUT2D eigenvalue weighted by Crippen LogP contribution is 2.41. The number of benzene rings is 1. The van der Waals surface area contributed by atoms with Crippen molar-refractivity contribution in [3.8, 4) is 11.4 Å². The van der Waals surface area contributed by atoms with Gasteiger partial charge in [-0.2, -0.15) is 0 Å². The topological polar surface area (TPSA) is 50.7 Å². The highest BCUT2D eigenvalue weighted by Gasteiger charge is 2.34. The fourth-order valence-corrected chi connectivity index (χ4v) is 2.59. The summed E-state index contributed by atoms with van der Waals surface area (Å²) in [7, 11) is 0. The van der Waals surface area contributed by atoms with Gasteiger partial charge in [0.1, 0.15) is 0 Å². The Kier molecular flexibility index (Phi) is 7.42. The zero-order valence-corrected chi connectivity index (χ0v) is 18.1. The number of aromatic nitrogens is 3. The fourth-order valence-electron chi connectivity index (χ4n) is 1.74. The minimum Gasteiger partial charge on any atom is -0.383 e. The van der Waals surface area contributed by atoms with E-state index in [1.54, 1.807) is 18.2 Å². The minimum absolute atomic E-state index is 0.142. The van der Waals surface area contributed by atoms with Crippen molar-refractivity contribution >= 4 is 98.5 Å². The van der Waals surface area contributed by atoms with Gasteiger partial charge in [0.15, 0.2) is 17.5 Å². The van der Waals surface area contributed by atoms with Crippen molar-refractivity contribution in [1.29, 1.82) is 0 Å². The molecule has 136 valence electrons. The maximum absolute atomic E-state index is 6.24. The third-order valence-corrected chi connectivity index (χ3v) is 4.30. The molecule has 1 N–H and O–H groups in total. The molecule has 12 heteroatoms. The van der Waals surface area contributed by atoms with Crippen molar-refractivity contribution in [2.45, 2.75) is 7.59 Å². The highest BCUT2D eigenvalue weighted by molar-refractivity contribution is 6.67. The first-order chi connectivity index (χ1) is 11.5. The number of rotatable bonds is 4. The first-order valence-corrected chi connectivity index (χ1v) is 9.70. The Balaban J connectivity index is 2.53. The van der Waals surface area contributed by atoms with Crippen LogP contribution >= 0.6 is 92.8 Å². The minimum atomic E-state index is -1.92. The summed E-state index contributed by atoms with van der Waals surface area (Å²) in [5.41, 5.74) is 1.22. The van der Waals surface area contributed by atoms with Crippen LogP contribution in [0.25, 0.3) is 11.4 Å². The first kappa shape index (κ1) is 21.6. The van der Waals surface area contributed by atoms with Crippen LogP contribution in [0.2, 0.25) is 5.02 Å². The molecule has 1 aromatic heterocycles. The predicted molar refractivity (Wildman–Crippen MR) is 108 cm³/mol. The Morgan fingerprint density at radius 3 is 1.88 bits per heavy atom. The van der Waals surface area contributed by atoms with Gasteiger partial charge in [-0.05, 0) is 18.2 Å². The second-order valence-corrected chi connectivity index (χ2v) is 9.96. The summed E-state index contributed by atoms with van der Waals surface area (Å²) in [6.45, 7) is 0.557. The monoisotopic (exact) mass is 500 g/mol. The molecule has 1 aromatic carbocycles. The summed E-state index contributed by atoms with van der Waals surface area (Å²) >= 11 is 47.0. The average Bonchev–Trinajstić information content (AvgIpc) is 2.51. The second-order valence-electron chi connectivity index (χ2n) is 4.61. The van der Waals surface area contributed by atoms with E-state index in [-0.39, 0.29) is 17.5 Å². The van der Waals surface area contributed by atoms with Crippen molar-refractivity contribution in [3.05, 3.63) is 34.9 Å². The number of nitrogens with one attached hydrogen (secondary N) is 1. The highest BCUT2D eigenvalue weighted by atomic mass is 35.6. The molecular weight excluding hydrogens is 496 g/mol. The average molecular weight is 504 g/mol. The maximum atomic E-state index is 6.24. The van der Waals surface area contributed by atoms with Gasteiger partial charge in [0.05, 0.1) is 10.7 Å². The van der Waals surface area contributed by atoms with Gasteiger partial charge in [-0.15, -0.1) is 11.6 Å². The van der Waals surface area contributed by atoms with Crippen LogP contribution < -0.4 is 5.32 Å². The SMILES string of the molecule is ClCCNc1ccc(-c2nc(C(Cl)(Cl)Cl)nc(C(Cl)(Cl)Cl)n2)cc1Cl. The first-order valence-electron chi connectivity index (χ1n) is 6.52. The van der Waals surface area contributed by atoms with Crippen molar-refractivity contribution in [2.24, 2.45) is 0 Å². The third kappa shape index (κ3) is 5.91. The van der Waals surface area contributed by atoms with Crippen LogP contribution in [0.4, 0.5) is 5.69 Å². The van der Waals surface area contributed by atoms with Crippen LogP contribution in [-0.4, -0.2) is 27.4 Å². The van der Waals surface area contributed by atoms with Gasteiger partial charge in [-0.25, -0.2) is 15.0 Å². The number of alkyl halides is 7. The lowest BCUT2D eigenvalue weighted by atomic mass is 10.2. The van der Waals surface area contributed by atoms with E-state index >= 15 is 0 Å². The van der Waals surface area contributed by atoms with Gasteiger partial charge in [0.25, 0.3) is 0 Å². The van der Waals surface area contributed by atoms with Crippen molar-refractivity contribution in [2.75, 3.05) is 17.7 Å². The summed E-state index contributed by atoms with van der Waals surface area (Å²) in [5.74, 6) is 0.224. The maximum Gasteiger partial charge on any atom is 0.250 e. The largest absolute Gasteiger partial charge is 0.383 e. The van der Waals surface area contributed by atoms with E-state index < -0.39 is 7.59 Å². The third-order valence-electron chi connectivity index (χ3n) is 2.78. The van der Waals surface area contributed by atoms with E-state index in [2.05, 4.69) is 20.3 Å². The summed E-state index contributed by atoms with van der Waals surface area (Å²) in [5, 5.41) is 3.49. The van der Waals surface area contributed by atoms with E-state index in [1.807, 2.05) is 0 Å². The number of anilines is 1. The van der Waals surface area contributed by atoms with Gasteiger partial charge in [-0.1, -0.05) is 81.2 Å². The molecule has 0 amide bonds. The molecule has 0 saturated carbocycles. The summed E-state index contributed by atoms with van der Waals surface area (Å²) < 4.78 is -3.85. The molecule has 0 spiro atoms. The normalized spacial score (nSPS) is 12.3. The lowest BCUT2D eigenvalue weighted by Crippen LogP contribution is -2.16. The van der Waals surface area contributed by atoms with E-state index in [1.165, 1.54) is 0 Å². The molecule has 25 heavy (non-hydrogen) atoms. The van der Waals surface area contributed by atoms with Gasteiger partial charge in [0.2, 0.25) is 7.59 Å². The van der Waals surface area contributed by atoms with E-state index in [0.717, 1.165) is 0 Å². The predicted octanol–water partition coefficient (Wildman–Crippen LogP) is 6.50. The molecule has 0 atom stereocenters. The molecule has 0 unspecified atom stereocenters. The summed E-state index contributed by atoms with van der Waals surface area (Å²) in [6, 6.07) is 5.07. The summed E-state index contributed by atoms with van der Waals surface area (Å²) in [4.78, 5) is 12.2. The quantitative estimate of drug-likeness (QED) is 0.484. The Morgan fingerprint density at radius 2 is 1.44 bits per heavy atom. The molecule has 0 fully saturated rings. The lowest BCUT2D eigenvalue weighted by molar-refractivity contribution is 0.851. The zero-order chi connectivity index (χ0) is 18.8. The van der Waals surface area contributed by atoms with E-state index in [0.29, 0.717) is 28.7 Å². The Hall–Kier alpha value is 0.350. The Morgan fingerprint density at radius 1 is 0.880 bits per heavy atom. The van der Waals surface area contributed by atoms with E-state index in [4.69, 9.17) is 92.8 Å². The molecule has 2 rings (SSSR count). The van der Waals surface area contributed by atoms with Crippen LogP contribution in [0.15, 0.2) is 18.2 Å². The smallest absolute Gasteiger partial charge is 0.250 e. The van der Waals surface area contributed by atoms with Gasteiger partial charge in [0, 0.05) is 18.0 Å². The summed E-state index contributed by atoms with van der Waals surface area (Å²) in [6.07, 6.45) is 0. The number of nitrogens with zero attached hydrogens (tertiary/aromatic N) is 3. The van der Waals surface area contributed by atoms with Gasteiger partial charge >= 0.3 is 0 Å². The molecule has 2 aromatic rings. The fraction of sp³-hybridized carbons (Fsp3) is 0.308. The van der Waals surface area contributed by atoms with Crippen molar-refractivity contribution in [1.82, 2.24) is 15.0 Å². The standard InChI is InChI=1S/C13H8Cl8N4/c14-3-4-22-8-2-1-6(5-7(8)15)9-23-10(12(16,17)18)25-11(24-9)13(19,20)21/h1-2,5,22H,3-4H2. The number of hydrogen-bond acceptors (Lipinski definition) is 4. The van der Waals surface area contributed by atoms with Crippen molar-refractivity contribution in [3.63, 3.8) is 0 Å². The van der Waals surface area contributed by atoms with Crippen LogP contribution in [0.1, 0.15) is 11.6 Å². The molecular formula is C13H8Cl8N4. The van der Waals surface area contributed by atoms with E-state index in [9.17, 15) is 0 Å². The molecule has 0 aliphatic heterocycles. The number of halogens is 8. The van der Waals surface area contributed by atoms with Crippen LogP contribution in [0.3, 0.4) is 0 Å². The van der Waals surface area contributed by atoms with Gasteiger partial charge < -0.3 is 5.32 Å². The zero-order valence-electron chi connectivity index (χ0n) is 12.0. The molecule has 1 heterocycles. The lowest BCUT2D eigenvalue weighted by Gasteiger charge is -2.16. The van der Waals surface area contributed by atoms with Gasteiger partial charge in [-0.3, -0.25) is 0 Å². The molecule has 0 saturated heterocycles. The molecule has 4 nitrogen and oxygen atoms in total. The number of hydrogen-bond donors (Lipinski definition) is 1. The molecule has 0 aliphatic carbocycles. The van der Waals surface area contributed by atoms with Crippen molar-refractivity contribution < 1.29 is 0 Å². The van der Waals surface area contributed by atoms with Crippen LogP contribution in [0, 0.1) is 0 Å². The molecule has 0 radical (unpaired) electrons. The molecule has 0 aliphatic rings. The molecule has 0 bridgehead atoms. The van der Waals surface area contributed by atoms with Crippen LogP contribution in [-0.2, 0) is 7.59 Å². The Labute approximate surface area is 184 Å². The van der Waals surface area contributed by atoms with Crippen LogP contribution in [0.5, 0.6) is 0 Å². The second kappa shape index (κ2) is 8.57. The Bertz CT molecular complexity index is 724.